The molecule has 124 valence electrons. The molecule has 0 radical (unpaired) electrons. The van der Waals surface area contributed by atoms with Gasteiger partial charge in [0.2, 0.25) is 0 Å². The fourth-order valence-corrected chi connectivity index (χ4v) is 2.18. The lowest BCUT2D eigenvalue weighted by Gasteiger charge is -2.11. The molecule has 1 N–H and O–H groups in total. The van der Waals surface area contributed by atoms with Crippen molar-refractivity contribution in [1.29, 1.82) is 0 Å². The first kappa shape index (κ1) is 16.1. The zero-order chi connectivity index (χ0) is 17.1. The van der Waals surface area contributed by atoms with Crippen molar-refractivity contribution in [2.24, 2.45) is 0 Å². The number of hydrogen-bond acceptors (Lipinski definition) is 5. The van der Waals surface area contributed by atoms with Gasteiger partial charge in [-0.15, -0.1) is 5.10 Å². The Kier molecular flexibility index (Phi) is 4.52. The first-order valence-electron chi connectivity index (χ1n) is 7.24. The van der Waals surface area contributed by atoms with E-state index in [4.69, 9.17) is 20.9 Å². The lowest BCUT2D eigenvalue weighted by Crippen LogP contribution is -2.30. The maximum absolute atomic E-state index is 12.1. The van der Waals surface area contributed by atoms with Gasteiger partial charge in [-0.2, -0.15) is 0 Å². The molecule has 3 rings (SSSR count). The molecule has 0 bridgehead atoms. The van der Waals surface area contributed by atoms with Crippen LogP contribution < -0.4 is 10.1 Å². The number of ether oxygens (including phenoxy) is 1. The molecule has 0 aliphatic heterocycles. The van der Waals surface area contributed by atoms with E-state index in [0.717, 1.165) is 5.69 Å². The van der Waals surface area contributed by atoms with E-state index in [0.29, 0.717) is 16.6 Å². The number of para-hydroxylation sites is 1. The maximum Gasteiger partial charge on any atom is 0.266 e. The summed E-state index contributed by atoms with van der Waals surface area (Å²) in [5, 5.41) is 10.9. The van der Waals surface area contributed by atoms with Gasteiger partial charge < -0.3 is 14.6 Å². The van der Waals surface area contributed by atoms with Gasteiger partial charge in [0.05, 0.1) is 11.9 Å². The second-order valence-corrected chi connectivity index (χ2v) is 5.54. The quantitative estimate of drug-likeness (QED) is 0.767. The number of amides is 1. The van der Waals surface area contributed by atoms with Crippen LogP contribution in [-0.4, -0.2) is 26.9 Å². The van der Waals surface area contributed by atoms with Crippen LogP contribution in [0.4, 0.5) is 5.82 Å². The van der Waals surface area contributed by atoms with Gasteiger partial charge in [-0.05, 0) is 26.0 Å². The molecular weight excluding hydrogens is 332 g/mol. The van der Waals surface area contributed by atoms with Gasteiger partial charge in [-0.3, -0.25) is 4.79 Å². The number of halogens is 1. The molecule has 7 nitrogen and oxygen atoms in total. The van der Waals surface area contributed by atoms with Crippen LogP contribution in [-0.2, 0) is 4.79 Å². The second-order valence-electron chi connectivity index (χ2n) is 5.13. The van der Waals surface area contributed by atoms with Crippen LogP contribution in [0.25, 0.3) is 5.69 Å². The highest BCUT2D eigenvalue weighted by Crippen LogP contribution is 2.25. The Balaban J connectivity index is 1.69. The number of benzene rings is 1. The fourth-order valence-electron chi connectivity index (χ4n) is 2.00. The number of aryl methyl sites for hydroxylation is 1. The summed E-state index contributed by atoms with van der Waals surface area (Å²) in [5.74, 6) is 0.727. The summed E-state index contributed by atoms with van der Waals surface area (Å²) in [6, 6.07) is 11.1. The Morgan fingerprint density at radius 2 is 2.12 bits per heavy atom. The molecule has 1 aromatic carbocycles. The third-order valence-electron chi connectivity index (χ3n) is 3.20. The van der Waals surface area contributed by atoms with Gasteiger partial charge in [0.15, 0.2) is 11.9 Å². The molecule has 8 heteroatoms. The number of nitrogens with zero attached hydrogens (tertiary/aromatic N) is 3. The van der Waals surface area contributed by atoms with E-state index in [2.05, 4.69) is 15.6 Å². The van der Waals surface area contributed by atoms with Crippen molar-refractivity contribution >= 4 is 23.3 Å². The van der Waals surface area contributed by atoms with Crippen LogP contribution in [0.3, 0.4) is 0 Å². The molecule has 3 aromatic rings. The van der Waals surface area contributed by atoms with E-state index < -0.39 is 6.10 Å². The Hall–Kier alpha value is -2.80. The molecule has 0 aliphatic carbocycles. The standard InChI is InChI=1S/C16H15ClN4O3/c1-10-8-14(20-24-10)18-15(22)11(2)23-16-13(17)9-21(19-16)12-6-4-3-5-7-12/h3-9,11H,1-2H3,(H,18,20,22)/t11-/m0/s1. The molecule has 0 saturated carbocycles. The van der Waals surface area contributed by atoms with E-state index in [1.807, 2.05) is 30.3 Å². The van der Waals surface area contributed by atoms with Gasteiger partial charge >= 0.3 is 0 Å². The molecule has 1 amide bonds. The summed E-state index contributed by atoms with van der Waals surface area (Å²) >= 11 is 6.14. The smallest absolute Gasteiger partial charge is 0.266 e. The maximum atomic E-state index is 12.1. The summed E-state index contributed by atoms with van der Waals surface area (Å²) in [5.41, 5.74) is 0.837. The van der Waals surface area contributed by atoms with Crippen LogP contribution in [0, 0.1) is 6.92 Å². The molecule has 0 fully saturated rings. The number of aromatic nitrogens is 3. The van der Waals surface area contributed by atoms with Gasteiger partial charge in [-0.1, -0.05) is 35.0 Å². The summed E-state index contributed by atoms with van der Waals surface area (Å²) in [7, 11) is 0. The highest BCUT2D eigenvalue weighted by Gasteiger charge is 2.20. The van der Waals surface area contributed by atoms with E-state index in [1.165, 1.54) is 0 Å². The van der Waals surface area contributed by atoms with Gasteiger partial charge in [0, 0.05) is 6.07 Å². The Morgan fingerprint density at radius 1 is 1.38 bits per heavy atom. The van der Waals surface area contributed by atoms with Crippen LogP contribution in [0.1, 0.15) is 12.7 Å². The summed E-state index contributed by atoms with van der Waals surface area (Å²) < 4.78 is 12.0. The topological polar surface area (TPSA) is 82.2 Å². The van der Waals surface area contributed by atoms with Crippen molar-refractivity contribution in [2.45, 2.75) is 20.0 Å². The minimum absolute atomic E-state index is 0.180. The molecule has 24 heavy (non-hydrogen) atoms. The van der Waals surface area contributed by atoms with E-state index >= 15 is 0 Å². The first-order valence-corrected chi connectivity index (χ1v) is 7.62. The summed E-state index contributed by atoms with van der Waals surface area (Å²) in [4.78, 5) is 12.1. The number of nitrogens with one attached hydrogen (secondary N) is 1. The van der Waals surface area contributed by atoms with Gasteiger partial charge in [0.25, 0.3) is 11.8 Å². The number of rotatable bonds is 5. The van der Waals surface area contributed by atoms with Gasteiger partial charge in [-0.25, -0.2) is 4.68 Å². The lowest BCUT2D eigenvalue weighted by atomic mass is 10.3. The Bertz CT molecular complexity index is 844. The van der Waals surface area contributed by atoms with Crippen molar-refractivity contribution in [3.63, 3.8) is 0 Å². The van der Waals surface area contributed by atoms with Crippen LogP contribution in [0.15, 0.2) is 47.1 Å². The highest BCUT2D eigenvalue weighted by atomic mass is 35.5. The number of carbonyl (C=O) groups is 1. The zero-order valence-corrected chi connectivity index (χ0v) is 13.8. The van der Waals surface area contributed by atoms with E-state index in [1.54, 1.807) is 30.8 Å². The average molecular weight is 347 g/mol. The first-order chi connectivity index (χ1) is 11.5. The number of carbonyl (C=O) groups excluding carboxylic acids is 1. The Morgan fingerprint density at radius 3 is 2.79 bits per heavy atom. The lowest BCUT2D eigenvalue weighted by molar-refractivity contribution is -0.122. The monoisotopic (exact) mass is 346 g/mol. The number of anilines is 1. The van der Waals surface area contributed by atoms with Gasteiger partial charge in [0.1, 0.15) is 10.8 Å². The third-order valence-corrected chi connectivity index (χ3v) is 3.46. The minimum atomic E-state index is -0.807. The van der Waals surface area contributed by atoms with Crippen LogP contribution in [0.5, 0.6) is 5.88 Å². The Labute approximate surface area is 143 Å². The zero-order valence-electron chi connectivity index (χ0n) is 13.1. The van der Waals surface area contributed by atoms with Crippen LogP contribution in [0.2, 0.25) is 5.02 Å². The molecule has 0 spiro atoms. The molecule has 0 aliphatic rings. The van der Waals surface area contributed by atoms with Crippen molar-refractivity contribution < 1.29 is 14.1 Å². The van der Waals surface area contributed by atoms with E-state index in [-0.39, 0.29) is 11.8 Å². The van der Waals surface area contributed by atoms with Crippen molar-refractivity contribution in [3.8, 4) is 11.6 Å². The molecule has 2 aromatic heterocycles. The summed E-state index contributed by atoms with van der Waals surface area (Å²) in [6.45, 7) is 3.33. The van der Waals surface area contributed by atoms with E-state index in [9.17, 15) is 4.79 Å². The molecule has 0 saturated heterocycles. The average Bonchev–Trinajstić information content (AvgIpc) is 3.14. The van der Waals surface area contributed by atoms with Crippen molar-refractivity contribution in [1.82, 2.24) is 14.9 Å². The molecular formula is C16H15ClN4O3. The molecule has 0 unspecified atom stereocenters. The third kappa shape index (κ3) is 3.57. The predicted molar refractivity (Wildman–Crippen MR) is 88.5 cm³/mol. The summed E-state index contributed by atoms with van der Waals surface area (Å²) in [6.07, 6.45) is 0.816. The predicted octanol–water partition coefficient (Wildman–Crippen LogP) is 3.23. The number of hydrogen-bond donors (Lipinski definition) is 1. The fraction of sp³-hybridized carbons (Fsp3) is 0.188. The normalized spacial score (nSPS) is 12.0. The van der Waals surface area contributed by atoms with Crippen LogP contribution >= 0.6 is 11.6 Å². The largest absolute Gasteiger partial charge is 0.462 e. The van der Waals surface area contributed by atoms with Crippen molar-refractivity contribution in [2.75, 3.05) is 5.32 Å². The molecule has 1 atom stereocenters. The highest BCUT2D eigenvalue weighted by molar-refractivity contribution is 6.31. The second kappa shape index (κ2) is 6.76. The minimum Gasteiger partial charge on any atom is -0.462 e. The molecule has 2 heterocycles. The SMILES string of the molecule is Cc1cc(NC(=O)[C@H](C)Oc2nn(-c3ccccc3)cc2Cl)no1. The van der Waals surface area contributed by atoms with Crippen molar-refractivity contribution in [3.05, 3.63) is 53.4 Å².